The molecule has 1 heterocycles. The third-order valence-corrected chi connectivity index (χ3v) is 3.49. The van der Waals surface area contributed by atoms with Gasteiger partial charge in [-0.15, -0.1) is 11.3 Å². The summed E-state index contributed by atoms with van der Waals surface area (Å²) in [7, 11) is 0. The number of nitrogens with zero attached hydrogens (tertiary/aromatic N) is 1. The van der Waals surface area contributed by atoms with Crippen LogP contribution in [0.1, 0.15) is 15.2 Å². The Morgan fingerprint density at radius 1 is 1.33 bits per heavy atom. The Bertz CT molecular complexity index is 615. The second kappa shape index (κ2) is 5.67. The minimum Gasteiger partial charge on any atom is -0.484 e. The van der Waals surface area contributed by atoms with Gasteiger partial charge < -0.3 is 4.74 Å². The molecule has 0 amide bonds. The summed E-state index contributed by atoms with van der Waals surface area (Å²) < 4.78 is 5.91. The topological polar surface area (TPSA) is 50.1 Å². The van der Waals surface area contributed by atoms with Gasteiger partial charge in [-0.05, 0) is 24.3 Å². The number of rotatable bonds is 4. The largest absolute Gasteiger partial charge is 0.484 e. The fourth-order valence-corrected chi connectivity index (χ4v) is 2.33. The molecule has 90 valence electrons. The summed E-state index contributed by atoms with van der Waals surface area (Å²) in [5, 5.41) is 8.87. The molecule has 2 aromatic rings. The molecule has 0 saturated carbocycles. The number of benzene rings is 1. The maximum absolute atomic E-state index is 11.8. The molecule has 0 spiro atoms. The lowest BCUT2D eigenvalue weighted by molar-refractivity contribution is 0.0925. The molecule has 1 aromatic carbocycles. The maximum Gasteiger partial charge on any atom is 0.210 e. The number of nitriles is 1. The van der Waals surface area contributed by atoms with Crippen LogP contribution in [0.5, 0.6) is 5.75 Å². The minimum atomic E-state index is -0.153. The number of ketones is 1. The molecule has 0 saturated heterocycles. The Kier molecular flexibility index (Phi) is 3.98. The summed E-state index contributed by atoms with van der Waals surface area (Å²) in [6.45, 7) is -0.102. The number of ether oxygens (including phenoxy) is 1. The predicted molar refractivity (Wildman–Crippen MR) is 70.3 cm³/mol. The van der Waals surface area contributed by atoms with Gasteiger partial charge in [0.1, 0.15) is 11.8 Å². The molecule has 2 rings (SSSR count). The molecular formula is C13H8ClNO2S. The van der Waals surface area contributed by atoms with Gasteiger partial charge in [0.25, 0.3) is 0 Å². The van der Waals surface area contributed by atoms with E-state index in [9.17, 15) is 4.79 Å². The number of Topliss-reactive ketones (excluding diaryl/α,β-unsaturated/α-hetero) is 1. The Morgan fingerprint density at radius 2 is 2.11 bits per heavy atom. The molecule has 18 heavy (non-hydrogen) atoms. The van der Waals surface area contributed by atoms with Crippen LogP contribution in [0, 0.1) is 11.3 Å². The summed E-state index contributed by atoms with van der Waals surface area (Å²) in [5.74, 6) is 0.260. The maximum atomic E-state index is 11.8. The molecule has 0 radical (unpaired) electrons. The quantitative estimate of drug-likeness (QED) is 0.803. The minimum absolute atomic E-state index is 0.102. The Hall–Kier alpha value is -1.83. The average molecular weight is 278 g/mol. The third kappa shape index (κ3) is 2.89. The van der Waals surface area contributed by atoms with Crippen LogP contribution in [0.3, 0.4) is 0 Å². The smallest absolute Gasteiger partial charge is 0.210 e. The van der Waals surface area contributed by atoms with Gasteiger partial charge in [0.05, 0.1) is 14.8 Å². The van der Waals surface area contributed by atoms with Crippen LogP contribution in [-0.2, 0) is 0 Å². The molecule has 3 nitrogen and oxygen atoms in total. The zero-order valence-corrected chi connectivity index (χ0v) is 10.8. The van der Waals surface area contributed by atoms with Crippen molar-refractivity contribution in [2.45, 2.75) is 0 Å². The van der Waals surface area contributed by atoms with E-state index in [1.807, 2.05) is 6.07 Å². The van der Waals surface area contributed by atoms with Gasteiger partial charge in [-0.2, -0.15) is 5.26 Å². The number of carbonyl (C=O) groups is 1. The van der Waals surface area contributed by atoms with Crippen LogP contribution in [0.2, 0.25) is 4.34 Å². The van der Waals surface area contributed by atoms with Crippen molar-refractivity contribution < 1.29 is 9.53 Å². The molecule has 0 N–H and O–H groups in total. The zero-order chi connectivity index (χ0) is 13.0. The highest BCUT2D eigenvalue weighted by Gasteiger charge is 2.10. The van der Waals surface area contributed by atoms with Crippen LogP contribution in [0.15, 0.2) is 36.4 Å². The van der Waals surface area contributed by atoms with Gasteiger partial charge in [0.15, 0.2) is 6.61 Å². The molecule has 0 aliphatic carbocycles. The summed E-state index contributed by atoms with van der Waals surface area (Å²) >= 11 is 6.96. The van der Waals surface area contributed by atoms with Gasteiger partial charge in [-0.3, -0.25) is 4.79 Å². The summed E-state index contributed by atoms with van der Waals surface area (Å²) in [6.07, 6.45) is 0. The van der Waals surface area contributed by atoms with Gasteiger partial charge in [0, 0.05) is 0 Å². The summed E-state index contributed by atoms with van der Waals surface area (Å²) in [5.41, 5.74) is 0.412. The zero-order valence-electron chi connectivity index (χ0n) is 9.22. The van der Waals surface area contributed by atoms with Crippen LogP contribution >= 0.6 is 22.9 Å². The molecular weight excluding hydrogens is 270 g/mol. The van der Waals surface area contributed by atoms with E-state index in [0.29, 0.717) is 20.5 Å². The first kappa shape index (κ1) is 12.6. The van der Waals surface area contributed by atoms with E-state index in [4.69, 9.17) is 21.6 Å². The lowest BCUT2D eigenvalue weighted by Gasteiger charge is -2.05. The molecule has 0 aliphatic heterocycles. The predicted octanol–water partition coefficient (Wildman–Crippen LogP) is 3.53. The van der Waals surface area contributed by atoms with Crippen molar-refractivity contribution in [2.24, 2.45) is 0 Å². The lowest BCUT2D eigenvalue weighted by atomic mass is 10.2. The van der Waals surface area contributed by atoms with Crippen molar-refractivity contribution in [2.75, 3.05) is 6.61 Å². The van der Waals surface area contributed by atoms with Crippen LogP contribution in [-0.4, -0.2) is 12.4 Å². The molecule has 0 atom stereocenters. The van der Waals surface area contributed by atoms with E-state index in [0.717, 1.165) is 0 Å². The molecule has 1 aromatic heterocycles. The SMILES string of the molecule is N#Cc1ccccc1OCC(=O)c1ccc(Cl)s1. The average Bonchev–Trinajstić information content (AvgIpc) is 2.83. The van der Waals surface area contributed by atoms with Crippen molar-refractivity contribution in [1.82, 2.24) is 0 Å². The lowest BCUT2D eigenvalue weighted by Crippen LogP contribution is -2.10. The number of para-hydroxylation sites is 1. The second-order valence-electron chi connectivity index (χ2n) is 3.42. The van der Waals surface area contributed by atoms with Crippen molar-refractivity contribution in [3.8, 4) is 11.8 Å². The monoisotopic (exact) mass is 277 g/mol. The number of carbonyl (C=O) groups excluding carboxylic acids is 1. The Balaban J connectivity index is 2.04. The molecule has 0 bridgehead atoms. The molecule has 5 heteroatoms. The van der Waals surface area contributed by atoms with Gasteiger partial charge >= 0.3 is 0 Å². The molecule has 0 fully saturated rings. The summed E-state index contributed by atoms with van der Waals surface area (Å²) in [4.78, 5) is 12.3. The van der Waals surface area contributed by atoms with Crippen LogP contribution < -0.4 is 4.74 Å². The van der Waals surface area contributed by atoms with E-state index in [1.165, 1.54) is 11.3 Å². The normalized spacial score (nSPS) is 9.78. The van der Waals surface area contributed by atoms with Crippen LogP contribution in [0.4, 0.5) is 0 Å². The number of hydrogen-bond acceptors (Lipinski definition) is 4. The summed E-state index contributed by atoms with van der Waals surface area (Å²) in [6, 6.07) is 12.1. The highest BCUT2D eigenvalue weighted by Crippen LogP contribution is 2.22. The fourth-order valence-electron chi connectivity index (χ4n) is 1.36. The number of halogens is 1. The van der Waals surface area contributed by atoms with Gasteiger partial charge in [0.2, 0.25) is 5.78 Å². The third-order valence-electron chi connectivity index (χ3n) is 2.21. The molecule has 0 aliphatic rings. The molecule has 0 unspecified atom stereocenters. The van der Waals surface area contributed by atoms with E-state index in [-0.39, 0.29) is 12.4 Å². The first-order chi connectivity index (χ1) is 8.70. The number of hydrogen-bond donors (Lipinski definition) is 0. The van der Waals surface area contributed by atoms with Crippen molar-refractivity contribution in [3.05, 3.63) is 51.2 Å². The van der Waals surface area contributed by atoms with E-state index in [2.05, 4.69) is 0 Å². The van der Waals surface area contributed by atoms with Gasteiger partial charge in [-0.1, -0.05) is 23.7 Å². The van der Waals surface area contributed by atoms with Crippen molar-refractivity contribution in [3.63, 3.8) is 0 Å². The van der Waals surface area contributed by atoms with Crippen LogP contribution in [0.25, 0.3) is 0 Å². The first-order valence-electron chi connectivity index (χ1n) is 5.11. The van der Waals surface area contributed by atoms with Crippen molar-refractivity contribution in [1.29, 1.82) is 5.26 Å². The fraction of sp³-hybridized carbons (Fsp3) is 0.0769. The second-order valence-corrected chi connectivity index (χ2v) is 5.14. The van der Waals surface area contributed by atoms with Gasteiger partial charge in [-0.25, -0.2) is 0 Å². The first-order valence-corrected chi connectivity index (χ1v) is 6.30. The van der Waals surface area contributed by atoms with E-state index < -0.39 is 0 Å². The Morgan fingerprint density at radius 3 is 2.78 bits per heavy atom. The number of thiophene rings is 1. The standard InChI is InChI=1S/C13H8ClNO2S/c14-13-6-5-12(18-13)10(16)8-17-11-4-2-1-3-9(11)7-15/h1-6H,8H2. The highest BCUT2D eigenvalue weighted by molar-refractivity contribution is 7.18. The Labute approximate surface area is 113 Å². The van der Waals surface area contributed by atoms with E-state index in [1.54, 1.807) is 36.4 Å². The van der Waals surface area contributed by atoms with E-state index >= 15 is 0 Å². The van der Waals surface area contributed by atoms with Crippen molar-refractivity contribution >= 4 is 28.7 Å². The highest BCUT2D eigenvalue weighted by atomic mass is 35.5.